The second-order valence-electron chi connectivity index (χ2n) is 7.54. The van der Waals surface area contributed by atoms with Crippen LogP contribution in [0.2, 0.25) is 0 Å². The quantitative estimate of drug-likeness (QED) is 0.489. The van der Waals surface area contributed by atoms with E-state index >= 15 is 0 Å². The molecule has 154 valence electrons. The molecule has 2 N–H and O–H groups in total. The summed E-state index contributed by atoms with van der Waals surface area (Å²) in [7, 11) is 1.93. The Morgan fingerprint density at radius 1 is 1.14 bits per heavy atom. The minimum Gasteiger partial charge on any atom is -0.494 e. The summed E-state index contributed by atoms with van der Waals surface area (Å²) in [4.78, 5) is 4.89. The van der Waals surface area contributed by atoms with E-state index in [2.05, 4.69) is 22.8 Å². The zero-order chi connectivity index (χ0) is 20.1. The molecule has 2 heterocycles. The number of nitrogens with one attached hydrogen (secondary N) is 2. The van der Waals surface area contributed by atoms with E-state index in [0.29, 0.717) is 12.5 Å². The number of benzene rings is 2. The Labute approximate surface area is 175 Å². The van der Waals surface area contributed by atoms with Crippen molar-refractivity contribution < 1.29 is 9.13 Å². The Bertz CT molecular complexity index is 935. The van der Waals surface area contributed by atoms with Crippen molar-refractivity contribution in [2.24, 2.45) is 0 Å². The third-order valence-corrected chi connectivity index (χ3v) is 6.61. The van der Waals surface area contributed by atoms with Gasteiger partial charge in [-0.1, -0.05) is 17.4 Å². The van der Waals surface area contributed by atoms with E-state index in [1.165, 1.54) is 46.3 Å². The number of fused-ring (bicyclic) bond motifs is 1. The van der Waals surface area contributed by atoms with E-state index in [0.717, 1.165) is 43.2 Å². The zero-order valence-electron chi connectivity index (χ0n) is 16.8. The largest absolute Gasteiger partial charge is 0.494 e. The highest BCUT2D eigenvalue weighted by Gasteiger charge is 2.22. The number of aromatic nitrogens is 1. The van der Waals surface area contributed by atoms with E-state index in [9.17, 15) is 4.39 Å². The van der Waals surface area contributed by atoms with Gasteiger partial charge in [-0.3, -0.25) is 0 Å². The van der Waals surface area contributed by atoms with Gasteiger partial charge >= 0.3 is 0 Å². The highest BCUT2D eigenvalue weighted by Crippen LogP contribution is 2.38. The van der Waals surface area contributed by atoms with E-state index < -0.39 is 0 Å². The average molecular weight is 414 g/mol. The fourth-order valence-corrected chi connectivity index (χ4v) is 4.92. The standard InChI is InChI=1S/C23H28FN3OS/c1-25-23-27-22-20(29-23)10-5-16(21(22)17-11-13-26-14-12-17)4-2-3-15-28-19-8-6-18(24)7-9-19/h5-10,17,26H,2-4,11-15H2,1H3,(H,25,27). The lowest BCUT2D eigenvalue weighted by molar-refractivity contribution is 0.306. The summed E-state index contributed by atoms with van der Waals surface area (Å²) in [5, 5.41) is 7.66. The maximum Gasteiger partial charge on any atom is 0.183 e. The molecule has 3 aromatic rings. The monoisotopic (exact) mass is 413 g/mol. The molecule has 0 atom stereocenters. The van der Waals surface area contributed by atoms with Crippen LogP contribution >= 0.6 is 11.3 Å². The smallest absolute Gasteiger partial charge is 0.183 e. The number of nitrogens with zero attached hydrogens (tertiary/aromatic N) is 1. The fourth-order valence-electron chi connectivity index (χ4n) is 4.09. The normalized spacial score (nSPS) is 15.0. The number of rotatable bonds is 8. The third-order valence-electron chi connectivity index (χ3n) is 5.57. The predicted octanol–water partition coefficient (Wildman–Crippen LogP) is 5.35. The predicted molar refractivity (Wildman–Crippen MR) is 119 cm³/mol. The summed E-state index contributed by atoms with van der Waals surface area (Å²) in [6.45, 7) is 2.81. The van der Waals surface area contributed by atoms with Crippen molar-refractivity contribution >= 4 is 26.7 Å². The molecule has 0 aliphatic carbocycles. The van der Waals surface area contributed by atoms with Crippen LogP contribution in [0.5, 0.6) is 5.75 Å². The Kier molecular flexibility index (Phi) is 6.62. The van der Waals surface area contributed by atoms with Gasteiger partial charge in [0.1, 0.15) is 11.6 Å². The van der Waals surface area contributed by atoms with Gasteiger partial charge in [-0.05, 0) is 92.6 Å². The molecule has 1 aromatic heterocycles. The second-order valence-corrected chi connectivity index (χ2v) is 8.57. The minimum absolute atomic E-state index is 0.235. The molecule has 0 spiro atoms. The van der Waals surface area contributed by atoms with Gasteiger partial charge in [-0.15, -0.1) is 0 Å². The summed E-state index contributed by atoms with van der Waals surface area (Å²) >= 11 is 1.73. The molecule has 2 aromatic carbocycles. The van der Waals surface area contributed by atoms with Crippen LogP contribution in [0, 0.1) is 5.82 Å². The van der Waals surface area contributed by atoms with E-state index in [4.69, 9.17) is 9.72 Å². The van der Waals surface area contributed by atoms with Gasteiger partial charge in [0, 0.05) is 7.05 Å². The molecular weight excluding hydrogens is 385 g/mol. The Hall–Kier alpha value is -2.18. The first-order valence-corrected chi connectivity index (χ1v) is 11.3. The Morgan fingerprint density at radius 3 is 2.69 bits per heavy atom. The molecule has 6 heteroatoms. The molecule has 0 saturated carbocycles. The molecular formula is C23H28FN3OS. The van der Waals surface area contributed by atoms with Gasteiger partial charge in [-0.25, -0.2) is 9.37 Å². The van der Waals surface area contributed by atoms with Crippen LogP contribution in [0.1, 0.15) is 42.7 Å². The van der Waals surface area contributed by atoms with Crippen LogP contribution in [-0.4, -0.2) is 31.7 Å². The van der Waals surface area contributed by atoms with Gasteiger partial charge in [0.15, 0.2) is 5.13 Å². The summed E-state index contributed by atoms with van der Waals surface area (Å²) in [6.07, 6.45) is 5.42. The zero-order valence-corrected chi connectivity index (χ0v) is 17.7. The molecule has 0 unspecified atom stereocenters. The molecule has 29 heavy (non-hydrogen) atoms. The maximum absolute atomic E-state index is 13.0. The molecule has 0 amide bonds. The highest BCUT2D eigenvalue weighted by molar-refractivity contribution is 7.22. The fraction of sp³-hybridized carbons (Fsp3) is 0.435. The lowest BCUT2D eigenvalue weighted by Gasteiger charge is -2.25. The number of ether oxygens (including phenoxy) is 1. The third kappa shape index (κ3) is 4.87. The molecule has 1 fully saturated rings. The van der Waals surface area contributed by atoms with Gasteiger partial charge in [0.25, 0.3) is 0 Å². The van der Waals surface area contributed by atoms with E-state index in [1.54, 1.807) is 23.5 Å². The minimum atomic E-state index is -0.235. The first-order chi connectivity index (χ1) is 14.2. The topological polar surface area (TPSA) is 46.2 Å². The number of halogens is 1. The number of anilines is 1. The van der Waals surface area contributed by atoms with Crippen molar-refractivity contribution in [2.75, 3.05) is 32.1 Å². The molecule has 0 bridgehead atoms. The maximum atomic E-state index is 13.0. The van der Waals surface area contributed by atoms with Crippen LogP contribution < -0.4 is 15.4 Å². The van der Waals surface area contributed by atoms with Crippen molar-refractivity contribution in [2.45, 2.75) is 38.0 Å². The number of hydrogen-bond acceptors (Lipinski definition) is 5. The van der Waals surface area contributed by atoms with Crippen LogP contribution in [-0.2, 0) is 6.42 Å². The molecule has 1 saturated heterocycles. The van der Waals surface area contributed by atoms with E-state index in [-0.39, 0.29) is 5.82 Å². The van der Waals surface area contributed by atoms with Gasteiger partial charge < -0.3 is 15.4 Å². The Balaban J connectivity index is 1.43. The first-order valence-electron chi connectivity index (χ1n) is 10.4. The molecule has 1 aliphatic heterocycles. The number of aryl methyl sites for hydroxylation is 1. The van der Waals surface area contributed by atoms with Crippen LogP contribution in [0.3, 0.4) is 0 Å². The SMILES string of the molecule is CNc1nc2c(C3CCNCC3)c(CCCCOc3ccc(F)cc3)ccc2s1. The van der Waals surface area contributed by atoms with E-state index in [1.807, 2.05) is 7.05 Å². The number of thiazole rings is 1. The number of piperidine rings is 1. The van der Waals surface area contributed by atoms with Gasteiger partial charge in [-0.2, -0.15) is 0 Å². The molecule has 4 nitrogen and oxygen atoms in total. The summed E-state index contributed by atoms with van der Waals surface area (Å²) in [6, 6.07) is 10.8. The van der Waals surface area contributed by atoms with Crippen LogP contribution in [0.25, 0.3) is 10.2 Å². The molecule has 0 radical (unpaired) electrons. The summed E-state index contributed by atoms with van der Waals surface area (Å²) in [5.41, 5.74) is 4.08. The highest BCUT2D eigenvalue weighted by atomic mass is 32.1. The van der Waals surface area contributed by atoms with Crippen molar-refractivity contribution in [3.63, 3.8) is 0 Å². The van der Waals surface area contributed by atoms with Crippen LogP contribution in [0.15, 0.2) is 36.4 Å². The van der Waals surface area contributed by atoms with Crippen molar-refractivity contribution in [3.8, 4) is 5.75 Å². The molecule has 1 aliphatic rings. The first kappa shape index (κ1) is 20.1. The van der Waals surface area contributed by atoms with Gasteiger partial charge in [0.05, 0.1) is 16.8 Å². The van der Waals surface area contributed by atoms with Crippen molar-refractivity contribution in [1.29, 1.82) is 0 Å². The Morgan fingerprint density at radius 2 is 1.93 bits per heavy atom. The number of unbranched alkanes of at least 4 members (excludes halogenated alkanes) is 1. The lowest BCUT2D eigenvalue weighted by Crippen LogP contribution is -2.27. The number of hydrogen-bond donors (Lipinski definition) is 2. The van der Waals surface area contributed by atoms with Crippen molar-refractivity contribution in [3.05, 3.63) is 53.3 Å². The summed E-state index contributed by atoms with van der Waals surface area (Å²) in [5.74, 6) is 1.07. The molecule has 4 rings (SSSR count). The lowest BCUT2D eigenvalue weighted by atomic mass is 9.85. The van der Waals surface area contributed by atoms with Gasteiger partial charge in [0.2, 0.25) is 0 Å². The summed E-state index contributed by atoms with van der Waals surface area (Å²) < 4.78 is 20.0. The van der Waals surface area contributed by atoms with Crippen LogP contribution in [0.4, 0.5) is 9.52 Å². The average Bonchev–Trinajstić information content (AvgIpc) is 3.18. The second kappa shape index (κ2) is 9.55. The van der Waals surface area contributed by atoms with Crippen molar-refractivity contribution in [1.82, 2.24) is 10.3 Å².